The van der Waals surface area contributed by atoms with E-state index >= 15 is 0 Å². The summed E-state index contributed by atoms with van der Waals surface area (Å²) in [7, 11) is 0. The van der Waals surface area contributed by atoms with Gasteiger partial charge in [-0.05, 0) is 24.7 Å². The van der Waals surface area contributed by atoms with Crippen LogP contribution in [0.1, 0.15) is 17.3 Å². The smallest absolute Gasteiger partial charge is 0.178 e. The summed E-state index contributed by atoms with van der Waals surface area (Å²) < 4.78 is 11.8. The molecular formula is C21H22N2O3. The van der Waals surface area contributed by atoms with E-state index in [9.17, 15) is 4.79 Å². The first-order chi connectivity index (χ1) is 12.7. The zero-order valence-corrected chi connectivity index (χ0v) is 14.8. The first-order valence-corrected chi connectivity index (χ1v) is 8.94. The number of aromatic nitrogens is 1. The molecule has 26 heavy (non-hydrogen) atoms. The van der Waals surface area contributed by atoms with E-state index in [0.717, 1.165) is 34.5 Å². The molecule has 0 amide bonds. The van der Waals surface area contributed by atoms with Crippen molar-refractivity contribution >= 4 is 16.7 Å². The number of rotatable bonds is 6. The summed E-state index contributed by atoms with van der Waals surface area (Å²) in [6.07, 6.45) is 1.72. The number of nitrogens with zero attached hydrogens (tertiary/aromatic N) is 1. The Morgan fingerprint density at radius 1 is 1.15 bits per heavy atom. The molecule has 1 N–H and O–H groups in total. The number of Topliss-reactive ketones (excluding diaryl/α,β-unsaturated/α-hetero) is 1. The maximum atomic E-state index is 12.8. The predicted octanol–water partition coefficient (Wildman–Crippen LogP) is 3.51. The third-order valence-corrected chi connectivity index (χ3v) is 4.73. The summed E-state index contributed by atoms with van der Waals surface area (Å²) in [6.45, 7) is 4.34. The van der Waals surface area contributed by atoms with Crippen molar-refractivity contribution in [1.82, 2.24) is 9.88 Å². The zero-order chi connectivity index (χ0) is 17.9. The normalized spacial score (nSPS) is 16.2. The fourth-order valence-electron chi connectivity index (χ4n) is 3.34. The summed E-state index contributed by atoms with van der Waals surface area (Å²) >= 11 is 0. The molecule has 134 valence electrons. The summed E-state index contributed by atoms with van der Waals surface area (Å²) in [5.74, 6) is 1.66. The van der Waals surface area contributed by atoms with Gasteiger partial charge in [-0.25, -0.2) is 0 Å². The number of ketones is 1. The summed E-state index contributed by atoms with van der Waals surface area (Å²) in [5.41, 5.74) is 1.73. The number of H-pyrrole nitrogens is 1. The average molecular weight is 350 g/mol. The van der Waals surface area contributed by atoms with Crippen molar-refractivity contribution in [1.29, 1.82) is 0 Å². The zero-order valence-electron chi connectivity index (χ0n) is 14.8. The number of hydrogen-bond donors (Lipinski definition) is 1. The highest BCUT2D eigenvalue weighted by molar-refractivity contribution is 6.08. The van der Waals surface area contributed by atoms with Crippen LogP contribution in [0.15, 0.2) is 54.7 Å². The number of benzene rings is 2. The van der Waals surface area contributed by atoms with Crippen LogP contribution in [0, 0.1) is 0 Å². The van der Waals surface area contributed by atoms with E-state index in [1.54, 1.807) is 6.20 Å². The molecule has 1 aliphatic heterocycles. The second kappa shape index (κ2) is 7.22. The molecule has 1 aromatic heterocycles. The van der Waals surface area contributed by atoms with Crippen LogP contribution < -0.4 is 9.47 Å². The number of aromatic amines is 1. The van der Waals surface area contributed by atoms with Crippen molar-refractivity contribution in [3.05, 3.63) is 60.3 Å². The molecule has 3 aromatic rings. The Labute approximate surface area is 152 Å². The summed E-state index contributed by atoms with van der Waals surface area (Å²) in [5, 5.41) is 0.972. The highest BCUT2D eigenvalue weighted by atomic mass is 16.6. The van der Waals surface area contributed by atoms with Gasteiger partial charge in [0.15, 0.2) is 17.3 Å². The molecular weight excluding hydrogens is 328 g/mol. The molecule has 5 nitrogen and oxygen atoms in total. The Morgan fingerprint density at radius 2 is 1.92 bits per heavy atom. The Hall–Kier alpha value is -2.79. The minimum atomic E-state index is -0.0828. The molecule has 0 radical (unpaired) electrons. The molecule has 0 fully saturated rings. The number of ether oxygens (including phenoxy) is 2. The highest BCUT2D eigenvalue weighted by Crippen LogP contribution is 2.31. The van der Waals surface area contributed by atoms with Crippen LogP contribution in [0.5, 0.6) is 11.5 Å². The van der Waals surface area contributed by atoms with Crippen molar-refractivity contribution < 1.29 is 14.3 Å². The van der Waals surface area contributed by atoms with Crippen LogP contribution in [0.2, 0.25) is 0 Å². The Kier molecular flexibility index (Phi) is 4.63. The number of fused-ring (bicyclic) bond motifs is 2. The Balaban J connectivity index is 1.43. The molecule has 0 bridgehead atoms. The van der Waals surface area contributed by atoms with Crippen molar-refractivity contribution in [3.63, 3.8) is 0 Å². The fourth-order valence-corrected chi connectivity index (χ4v) is 3.34. The van der Waals surface area contributed by atoms with Gasteiger partial charge >= 0.3 is 0 Å². The topological polar surface area (TPSA) is 54.6 Å². The lowest BCUT2D eigenvalue weighted by Gasteiger charge is -2.30. The minimum absolute atomic E-state index is 0.0828. The molecule has 1 atom stereocenters. The molecule has 4 rings (SSSR count). The summed E-state index contributed by atoms with van der Waals surface area (Å²) in [4.78, 5) is 18.1. The van der Waals surface area contributed by atoms with Gasteiger partial charge < -0.3 is 14.5 Å². The lowest BCUT2D eigenvalue weighted by atomic mass is 10.1. The first-order valence-electron chi connectivity index (χ1n) is 8.94. The van der Waals surface area contributed by atoms with Gasteiger partial charge in [-0.1, -0.05) is 37.3 Å². The third kappa shape index (κ3) is 3.30. The van der Waals surface area contributed by atoms with Gasteiger partial charge in [-0.3, -0.25) is 9.69 Å². The van der Waals surface area contributed by atoms with Gasteiger partial charge in [-0.2, -0.15) is 0 Å². The van der Waals surface area contributed by atoms with Crippen LogP contribution in [0.3, 0.4) is 0 Å². The molecule has 0 spiro atoms. The van der Waals surface area contributed by atoms with E-state index in [2.05, 4.69) is 16.8 Å². The molecule has 1 unspecified atom stereocenters. The first kappa shape index (κ1) is 16.7. The monoisotopic (exact) mass is 350 g/mol. The van der Waals surface area contributed by atoms with Crippen molar-refractivity contribution in [2.75, 3.05) is 26.2 Å². The van der Waals surface area contributed by atoms with Gasteiger partial charge in [0.1, 0.15) is 12.7 Å². The number of hydrogen-bond acceptors (Lipinski definition) is 4. The lowest BCUT2D eigenvalue weighted by Crippen LogP contribution is -2.42. The van der Waals surface area contributed by atoms with Gasteiger partial charge in [-0.15, -0.1) is 0 Å². The fraction of sp³-hybridized carbons (Fsp3) is 0.286. The second-order valence-electron chi connectivity index (χ2n) is 6.50. The second-order valence-corrected chi connectivity index (χ2v) is 6.50. The Morgan fingerprint density at radius 3 is 2.77 bits per heavy atom. The molecule has 0 saturated heterocycles. The third-order valence-electron chi connectivity index (χ3n) is 4.73. The molecule has 2 heterocycles. The SMILES string of the molecule is CCN(CC(=O)c1c[nH]c2ccccc12)CC1COc2ccccc2O1. The van der Waals surface area contributed by atoms with Gasteiger partial charge in [0, 0.05) is 29.2 Å². The van der Waals surface area contributed by atoms with Crippen LogP contribution in [-0.2, 0) is 0 Å². The standard InChI is InChI=1S/C21H22N2O3/c1-2-23(12-15-14-25-20-9-5-6-10-21(20)26-15)13-19(24)17-11-22-18-8-4-3-7-16(17)18/h3-11,15,22H,2,12-14H2,1H3. The van der Waals surface area contributed by atoms with Gasteiger partial charge in [0.25, 0.3) is 0 Å². The van der Waals surface area contributed by atoms with Crippen LogP contribution in [-0.4, -0.2) is 48.0 Å². The van der Waals surface area contributed by atoms with Crippen molar-refractivity contribution in [3.8, 4) is 11.5 Å². The van der Waals surface area contributed by atoms with Crippen molar-refractivity contribution in [2.24, 2.45) is 0 Å². The highest BCUT2D eigenvalue weighted by Gasteiger charge is 2.24. The number of para-hydroxylation sites is 3. The number of carbonyl (C=O) groups is 1. The average Bonchev–Trinajstić information content (AvgIpc) is 3.11. The minimum Gasteiger partial charge on any atom is -0.486 e. The molecule has 0 aliphatic carbocycles. The Bertz CT molecular complexity index is 918. The quantitative estimate of drug-likeness (QED) is 0.691. The molecule has 2 aromatic carbocycles. The van der Waals surface area contributed by atoms with Crippen LogP contribution in [0.25, 0.3) is 10.9 Å². The maximum absolute atomic E-state index is 12.8. The van der Waals surface area contributed by atoms with Crippen LogP contribution >= 0.6 is 0 Å². The van der Waals surface area contributed by atoms with E-state index in [-0.39, 0.29) is 11.9 Å². The number of carbonyl (C=O) groups excluding carboxylic acids is 1. The molecule has 0 saturated carbocycles. The van der Waals surface area contributed by atoms with E-state index in [0.29, 0.717) is 19.7 Å². The van der Waals surface area contributed by atoms with Gasteiger partial charge in [0.2, 0.25) is 0 Å². The number of nitrogens with one attached hydrogen (secondary N) is 1. The predicted molar refractivity (Wildman–Crippen MR) is 101 cm³/mol. The molecule has 1 aliphatic rings. The van der Waals surface area contributed by atoms with Crippen molar-refractivity contribution in [2.45, 2.75) is 13.0 Å². The van der Waals surface area contributed by atoms with E-state index in [1.165, 1.54) is 0 Å². The molecule has 5 heteroatoms. The van der Waals surface area contributed by atoms with E-state index < -0.39 is 0 Å². The largest absolute Gasteiger partial charge is 0.486 e. The maximum Gasteiger partial charge on any atom is 0.178 e. The lowest BCUT2D eigenvalue weighted by molar-refractivity contribution is 0.0573. The van der Waals surface area contributed by atoms with E-state index in [1.807, 2.05) is 48.5 Å². The van der Waals surface area contributed by atoms with Gasteiger partial charge in [0.05, 0.1) is 6.54 Å². The van der Waals surface area contributed by atoms with E-state index in [4.69, 9.17) is 9.47 Å². The van der Waals surface area contributed by atoms with Crippen LogP contribution in [0.4, 0.5) is 0 Å². The number of likely N-dealkylation sites (N-methyl/N-ethyl adjacent to an activating group) is 1. The summed E-state index contributed by atoms with van der Waals surface area (Å²) in [6, 6.07) is 15.6.